The van der Waals surface area contributed by atoms with E-state index in [9.17, 15) is 14.4 Å². The number of nitrogens with zero attached hydrogens (tertiary/aromatic N) is 4. The van der Waals surface area contributed by atoms with E-state index in [1.165, 1.54) is 11.3 Å². The molecular formula is C24H29N5O3S. The van der Waals surface area contributed by atoms with Crippen LogP contribution in [-0.4, -0.2) is 63.2 Å². The minimum Gasteiger partial charge on any atom is -0.340 e. The molecular weight excluding hydrogens is 438 g/mol. The molecule has 0 unspecified atom stereocenters. The van der Waals surface area contributed by atoms with E-state index in [-0.39, 0.29) is 23.3 Å². The van der Waals surface area contributed by atoms with Gasteiger partial charge >= 0.3 is 0 Å². The van der Waals surface area contributed by atoms with Gasteiger partial charge in [0.05, 0.1) is 5.69 Å². The Bertz CT molecular complexity index is 1210. The average molecular weight is 468 g/mol. The van der Waals surface area contributed by atoms with Crippen molar-refractivity contribution in [3.05, 3.63) is 69.1 Å². The van der Waals surface area contributed by atoms with Crippen molar-refractivity contribution in [1.82, 2.24) is 24.5 Å². The third kappa shape index (κ3) is 5.31. The van der Waals surface area contributed by atoms with Crippen molar-refractivity contribution < 1.29 is 9.59 Å². The van der Waals surface area contributed by atoms with Crippen molar-refractivity contribution in [1.29, 1.82) is 0 Å². The van der Waals surface area contributed by atoms with Gasteiger partial charge in [0.2, 0.25) is 5.91 Å². The molecule has 3 aromatic rings. The number of carbonyl (C=O) groups excluding carboxylic acids is 2. The van der Waals surface area contributed by atoms with Gasteiger partial charge in [0.15, 0.2) is 4.96 Å². The van der Waals surface area contributed by atoms with Crippen molar-refractivity contribution >= 4 is 28.1 Å². The number of thiazole rings is 1. The summed E-state index contributed by atoms with van der Waals surface area (Å²) in [6.45, 7) is 8.92. The second-order valence-corrected chi connectivity index (χ2v) is 9.68. The molecule has 8 nitrogen and oxygen atoms in total. The number of aryl methyl sites for hydroxylation is 1. The van der Waals surface area contributed by atoms with Gasteiger partial charge in [-0.05, 0) is 25.0 Å². The fourth-order valence-electron chi connectivity index (χ4n) is 4.05. The molecule has 0 bridgehead atoms. The monoisotopic (exact) mass is 467 g/mol. The van der Waals surface area contributed by atoms with Gasteiger partial charge in [0.1, 0.15) is 6.04 Å². The normalized spacial score (nSPS) is 15.7. The summed E-state index contributed by atoms with van der Waals surface area (Å²) >= 11 is 1.44. The third-order valence-electron chi connectivity index (χ3n) is 5.93. The maximum Gasteiger partial charge on any atom is 0.258 e. The number of hydrogen-bond donors (Lipinski definition) is 1. The van der Waals surface area contributed by atoms with Crippen molar-refractivity contribution in [3.8, 4) is 0 Å². The Kier molecular flexibility index (Phi) is 6.90. The summed E-state index contributed by atoms with van der Waals surface area (Å²) in [4.78, 5) is 47.5. The predicted octanol–water partition coefficient (Wildman–Crippen LogP) is 2.16. The minimum atomic E-state index is -0.576. The van der Waals surface area contributed by atoms with Gasteiger partial charge in [-0.1, -0.05) is 31.5 Å². The largest absolute Gasteiger partial charge is 0.340 e. The van der Waals surface area contributed by atoms with E-state index in [0.29, 0.717) is 43.2 Å². The van der Waals surface area contributed by atoms with Crippen LogP contribution in [0.25, 0.3) is 4.96 Å². The van der Waals surface area contributed by atoms with Gasteiger partial charge in [0.25, 0.3) is 11.5 Å². The van der Waals surface area contributed by atoms with Crippen LogP contribution < -0.4 is 10.9 Å². The second kappa shape index (κ2) is 9.84. The molecule has 1 saturated heterocycles. The van der Waals surface area contributed by atoms with Crippen LogP contribution in [0.3, 0.4) is 0 Å². The van der Waals surface area contributed by atoms with Crippen LogP contribution in [0.5, 0.6) is 0 Å². The maximum atomic E-state index is 13.2. The number of nitrogens with one attached hydrogen (secondary N) is 1. The summed E-state index contributed by atoms with van der Waals surface area (Å²) in [6, 6.07) is 8.36. The number of piperazine rings is 1. The standard InChI is InChI=1S/C24H29N5O3S/c1-16(2)21(26-22(31)18-6-4-5-17(3)13-18)23(32)28-9-7-27(8-10-28)15-19-14-20(30)29-11-12-33-24(29)25-19/h4-6,11-14,16,21H,7-10,15H2,1-3H3,(H,26,31)/t21-/m0/s1. The molecule has 1 aliphatic heterocycles. The van der Waals surface area contributed by atoms with Crippen LogP contribution in [0, 0.1) is 12.8 Å². The van der Waals surface area contributed by atoms with Crippen molar-refractivity contribution in [2.45, 2.75) is 33.4 Å². The molecule has 174 valence electrons. The molecule has 33 heavy (non-hydrogen) atoms. The quantitative estimate of drug-likeness (QED) is 0.600. The Hall–Kier alpha value is -3.04. The van der Waals surface area contributed by atoms with Crippen LogP contribution >= 0.6 is 11.3 Å². The minimum absolute atomic E-state index is 0.0287. The number of aromatic nitrogens is 2. The smallest absolute Gasteiger partial charge is 0.258 e. The Morgan fingerprint density at radius 1 is 1.15 bits per heavy atom. The molecule has 1 N–H and O–H groups in total. The fraction of sp³-hybridized carbons (Fsp3) is 0.417. The number of rotatable bonds is 6. The summed E-state index contributed by atoms with van der Waals surface area (Å²) in [6.07, 6.45) is 1.73. The molecule has 2 amide bonds. The first kappa shape index (κ1) is 23.1. The van der Waals surface area contributed by atoms with E-state index in [2.05, 4.69) is 15.2 Å². The Morgan fingerprint density at radius 2 is 1.91 bits per heavy atom. The molecule has 1 fully saturated rings. The summed E-state index contributed by atoms with van der Waals surface area (Å²) in [5.74, 6) is -0.313. The topological polar surface area (TPSA) is 87.0 Å². The van der Waals surface area contributed by atoms with Gasteiger partial charge in [-0.2, -0.15) is 0 Å². The molecule has 0 aliphatic carbocycles. The number of benzene rings is 1. The van der Waals surface area contributed by atoms with E-state index >= 15 is 0 Å². The third-order valence-corrected chi connectivity index (χ3v) is 6.68. The molecule has 9 heteroatoms. The number of amides is 2. The van der Waals surface area contributed by atoms with Gasteiger partial charge in [0, 0.05) is 55.9 Å². The Balaban J connectivity index is 1.36. The average Bonchev–Trinajstić information content (AvgIpc) is 3.26. The first-order valence-corrected chi connectivity index (χ1v) is 12.0. The molecule has 4 rings (SSSR count). The maximum absolute atomic E-state index is 13.2. The van der Waals surface area contributed by atoms with Crippen LogP contribution in [0.1, 0.15) is 35.5 Å². The fourth-order valence-corrected chi connectivity index (χ4v) is 4.78. The van der Waals surface area contributed by atoms with Gasteiger partial charge < -0.3 is 10.2 Å². The van der Waals surface area contributed by atoms with Crippen LogP contribution in [0.15, 0.2) is 46.7 Å². The second-order valence-electron chi connectivity index (χ2n) is 8.81. The molecule has 0 saturated carbocycles. The number of fused-ring (bicyclic) bond motifs is 1. The highest BCUT2D eigenvalue weighted by atomic mass is 32.1. The highest BCUT2D eigenvalue weighted by Gasteiger charge is 2.31. The molecule has 0 spiro atoms. The zero-order chi connectivity index (χ0) is 23.5. The lowest BCUT2D eigenvalue weighted by atomic mass is 10.0. The lowest BCUT2D eigenvalue weighted by Crippen LogP contribution is -2.56. The highest BCUT2D eigenvalue weighted by molar-refractivity contribution is 7.15. The first-order valence-electron chi connectivity index (χ1n) is 11.2. The van der Waals surface area contributed by atoms with Crippen LogP contribution in [0.2, 0.25) is 0 Å². The lowest BCUT2D eigenvalue weighted by Gasteiger charge is -2.37. The van der Waals surface area contributed by atoms with E-state index in [4.69, 9.17) is 0 Å². The molecule has 0 radical (unpaired) electrons. The predicted molar refractivity (Wildman–Crippen MR) is 128 cm³/mol. The first-order chi connectivity index (χ1) is 15.8. The SMILES string of the molecule is Cc1cccc(C(=O)N[C@H](C(=O)N2CCN(Cc3cc(=O)n4ccsc4n3)CC2)C(C)C)c1. The van der Waals surface area contributed by atoms with Gasteiger partial charge in [-0.15, -0.1) is 11.3 Å². The summed E-state index contributed by atoms with van der Waals surface area (Å²) < 4.78 is 1.54. The zero-order valence-corrected chi connectivity index (χ0v) is 20.0. The molecule has 3 heterocycles. The van der Waals surface area contributed by atoms with E-state index in [1.54, 1.807) is 22.7 Å². The molecule has 1 atom stereocenters. The molecule has 1 aliphatic rings. The van der Waals surface area contributed by atoms with Crippen molar-refractivity contribution in [2.75, 3.05) is 26.2 Å². The lowest BCUT2D eigenvalue weighted by molar-refractivity contribution is -0.136. The summed E-state index contributed by atoms with van der Waals surface area (Å²) in [5.41, 5.74) is 2.23. The Morgan fingerprint density at radius 3 is 2.61 bits per heavy atom. The van der Waals surface area contributed by atoms with Crippen molar-refractivity contribution in [2.24, 2.45) is 5.92 Å². The number of carbonyl (C=O) groups is 2. The number of hydrogen-bond acceptors (Lipinski definition) is 6. The van der Waals surface area contributed by atoms with E-state index in [1.807, 2.05) is 49.3 Å². The highest BCUT2D eigenvalue weighted by Crippen LogP contribution is 2.14. The van der Waals surface area contributed by atoms with E-state index in [0.717, 1.165) is 11.3 Å². The van der Waals surface area contributed by atoms with E-state index < -0.39 is 6.04 Å². The van der Waals surface area contributed by atoms with Crippen LogP contribution in [-0.2, 0) is 11.3 Å². The Labute approximate surface area is 196 Å². The van der Waals surface area contributed by atoms with Gasteiger partial charge in [-0.3, -0.25) is 23.7 Å². The summed E-state index contributed by atoms with van der Waals surface area (Å²) in [7, 11) is 0. The van der Waals surface area contributed by atoms with Crippen molar-refractivity contribution in [3.63, 3.8) is 0 Å². The van der Waals surface area contributed by atoms with Crippen LogP contribution in [0.4, 0.5) is 0 Å². The van der Waals surface area contributed by atoms with Gasteiger partial charge in [-0.25, -0.2) is 4.98 Å². The summed E-state index contributed by atoms with van der Waals surface area (Å²) in [5, 5.41) is 4.79. The molecule has 2 aromatic heterocycles. The zero-order valence-electron chi connectivity index (χ0n) is 19.2. The molecule has 1 aromatic carbocycles.